The van der Waals surface area contributed by atoms with Crippen molar-refractivity contribution in [3.8, 4) is 17.2 Å². The molecule has 4 nitrogen and oxygen atoms in total. The monoisotopic (exact) mass is 289 g/mol. The fourth-order valence-corrected chi connectivity index (χ4v) is 2.30. The number of phenolic OH excluding ortho intramolecular Hbond substituents is 1. The Morgan fingerprint density at radius 1 is 1.19 bits per heavy atom. The van der Waals surface area contributed by atoms with E-state index >= 15 is 0 Å². The lowest BCUT2D eigenvalue weighted by Crippen LogP contribution is -2.19. The van der Waals surface area contributed by atoms with Crippen LogP contribution in [0.1, 0.15) is 24.1 Å². The first kappa shape index (κ1) is 13.7. The first-order chi connectivity index (χ1) is 10.1. The van der Waals surface area contributed by atoms with Gasteiger partial charge in [-0.3, -0.25) is 0 Å². The van der Waals surface area contributed by atoms with Crippen molar-refractivity contribution >= 4 is 0 Å². The lowest BCUT2D eigenvalue weighted by atomic mass is 10.1. The van der Waals surface area contributed by atoms with Crippen LogP contribution in [0.3, 0.4) is 0 Å². The maximum Gasteiger partial charge on any atom is 0.231 e. The van der Waals surface area contributed by atoms with Crippen LogP contribution in [0.15, 0.2) is 36.4 Å². The number of ether oxygens (including phenoxy) is 2. The van der Waals surface area contributed by atoms with Crippen LogP contribution in [0.25, 0.3) is 0 Å². The van der Waals surface area contributed by atoms with Crippen LogP contribution in [0.2, 0.25) is 0 Å². The van der Waals surface area contributed by atoms with Gasteiger partial charge in [0, 0.05) is 24.2 Å². The molecule has 0 fully saturated rings. The molecule has 0 radical (unpaired) electrons. The largest absolute Gasteiger partial charge is 0.508 e. The van der Waals surface area contributed by atoms with Gasteiger partial charge in [-0.25, -0.2) is 4.39 Å². The number of benzene rings is 2. The predicted octanol–water partition coefficient (Wildman–Crippen LogP) is 3.11. The molecule has 0 saturated carbocycles. The average Bonchev–Trinajstić information content (AvgIpc) is 2.92. The van der Waals surface area contributed by atoms with Crippen LogP contribution in [-0.4, -0.2) is 11.9 Å². The minimum atomic E-state index is -0.416. The summed E-state index contributed by atoms with van der Waals surface area (Å²) in [5.74, 6) is 0.994. The third-order valence-electron chi connectivity index (χ3n) is 3.50. The van der Waals surface area contributed by atoms with Crippen LogP contribution < -0.4 is 14.8 Å². The Hall–Kier alpha value is -2.27. The molecule has 0 spiro atoms. The van der Waals surface area contributed by atoms with Gasteiger partial charge < -0.3 is 19.9 Å². The first-order valence-corrected chi connectivity index (χ1v) is 6.74. The molecule has 2 N–H and O–H groups in total. The van der Waals surface area contributed by atoms with E-state index in [9.17, 15) is 9.50 Å². The molecule has 0 saturated heterocycles. The summed E-state index contributed by atoms with van der Waals surface area (Å²) in [6, 6.07) is 9.74. The topological polar surface area (TPSA) is 50.7 Å². The summed E-state index contributed by atoms with van der Waals surface area (Å²) in [4.78, 5) is 0. The highest BCUT2D eigenvalue weighted by Crippen LogP contribution is 2.32. The first-order valence-electron chi connectivity index (χ1n) is 6.74. The highest BCUT2D eigenvalue weighted by Gasteiger charge is 2.14. The molecule has 1 aliphatic heterocycles. The van der Waals surface area contributed by atoms with E-state index in [4.69, 9.17) is 9.47 Å². The van der Waals surface area contributed by atoms with E-state index in [0.717, 1.165) is 23.1 Å². The molecule has 1 aliphatic rings. The number of halogens is 1. The molecule has 0 aliphatic carbocycles. The Balaban J connectivity index is 1.67. The number of fused-ring (bicyclic) bond motifs is 1. The maximum absolute atomic E-state index is 13.8. The minimum absolute atomic E-state index is 0.0702. The van der Waals surface area contributed by atoms with E-state index in [1.165, 1.54) is 6.07 Å². The molecular formula is C16H16FNO3. The van der Waals surface area contributed by atoms with Gasteiger partial charge in [0.15, 0.2) is 11.5 Å². The fraction of sp³-hybridized carbons (Fsp3) is 0.250. The van der Waals surface area contributed by atoms with Gasteiger partial charge in [0.2, 0.25) is 6.79 Å². The Kier molecular flexibility index (Phi) is 3.66. The highest BCUT2D eigenvalue weighted by atomic mass is 19.1. The van der Waals surface area contributed by atoms with Crippen molar-refractivity contribution in [1.29, 1.82) is 0 Å². The van der Waals surface area contributed by atoms with E-state index < -0.39 is 5.82 Å². The predicted molar refractivity (Wildman–Crippen MR) is 75.9 cm³/mol. The molecule has 0 aromatic heterocycles. The lowest BCUT2D eigenvalue weighted by molar-refractivity contribution is 0.174. The van der Waals surface area contributed by atoms with Gasteiger partial charge in [-0.05, 0) is 30.7 Å². The smallest absolute Gasteiger partial charge is 0.231 e. The summed E-state index contributed by atoms with van der Waals surface area (Å²) < 4.78 is 24.4. The zero-order valence-electron chi connectivity index (χ0n) is 11.6. The number of hydrogen-bond acceptors (Lipinski definition) is 4. The summed E-state index contributed by atoms with van der Waals surface area (Å²) in [7, 11) is 0. The highest BCUT2D eigenvalue weighted by molar-refractivity contribution is 5.44. The van der Waals surface area contributed by atoms with E-state index in [0.29, 0.717) is 12.1 Å². The zero-order valence-corrected chi connectivity index (χ0v) is 11.6. The summed E-state index contributed by atoms with van der Waals surface area (Å²) in [5, 5.41) is 12.5. The molecule has 0 bridgehead atoms. The second kappa shape index (κ2) is 5.61. The van der Waals surface area contributed by atoms with E-state index in [2.05, 4.69) is 5.32 Å². The quantitative estimate of drug-likeness (QED) is 0.908. The molecule has 21 heavy (non-hydrogen) atoms. The van der Waals surface area contributed by atoms with Crippen LogP contribution in [0.4, 0.5) is 4.39 Å². The summed E-state index contributed by atoms with van der Waals surface area (Å²) in [5.41, 5.74) is 1.55. The van der Waals surface area contributed by atoms with E-state index in [-0.39, 0.29) is 18.6 Å². The molecular weight excluding hydrogens is 273 g/mol. The molecule has 2 aromatic carbocycles. The van der Waals surface area contributed by atoms with Crippen molar-refractivity contribution < 1.29 is 19.0 Å². The number of hydrogen-bond donors (Lipinski definition) is 2. The van der Waals surface area contributed by atoms with Gasteiger partial charge in [-0.1, -0.05) is 12.1 Å². The van der Waals surface area contributed by atoms with Gasteiger partial charge in [0.1, 0.15) is 11.6 Å². The van der Waals surface area contributed by atoms with Gasteiger partial charge >= 0.3 is 0 Å². The second-order valence-electron chi connectivity index (χ2n) is 5.00. The number of aromatic hydroxyl groups is 1. The summed E-state index contributed by atoms with van der Waals surface area (Å²) in [6.45, 7) is 2.71. The standard InChI is InChI=1S/C16H16FNO3/c1-10(13-4-3-12(19)7-14(13)17)18-8-11-2-5-15-16(6-11)21-9-20-15/h2-7,10,18-19H,8-9H2,1H3. The van der Waals surface area contributed by atoms with Crippen molar-refractivity contribution in [3.63, 3.8) is 0 Å². The maximum atomic E-state index is 13.8. The molecule has 1 atom stereocenters. The minimum Gasteiger partial charge on any atom is -0.508 e. The zero-order chi connectivity index (χ0) is 14.8. The van der Waals surface area contributed by atoms with Gasteiger partial charge in [-0.15, -0.1) is 0 Å². The van der Waals surface area contributed by atoms with Crippen molar-refractivity contribution in [2.45, 2.75) is 19.5 Å². The van der Waals surface area contributed by atoms with E-state index in [1.54, 1.807) is 6.07 Å². The third kappa shape index (κ3) is 2.92. The van der Waals surface area contributed by atoms with Gasteiger partial charge in [0.05, 0.1) is 0 Å². The van der Waals surface area contributed by atoms with Gasteiger partial charge in [-0.2, -0.15) is 0 Å². The molecule has 0 amide bonds. The number of rotatable bonds is 4. The Bertz CT molecular complexity index is 660. The van der Waals surface area contributed by atoms with Crippen LogP contribution in [0.5, 0.6) is 17.2 Å². The Morgan fingerprint density at radius 2 is 2.00 bits per heavy atom. The Labute approximate surface area is 122 Å². The van der Waals surface area contributed by atoms with Crippen LogP contribution >= 0.6 is 0 Å². The van der Waals surface area contributed by atoms with Crippen LogP contribution in [0, 0.1) is 5.82 Å². The molecule has 1 heterocycles. The van der Waals surface area contributed by atoms with Crippen molar-refractivity contribution in [2.75, 3.05) is 6.79 Å². The lowest BCUT2D eigenvalue weighted by Gasteiger charge is -2.15. The molecule has 3 rings (SSSR count). The fourth-order valence-electron chi connectivity index (χ4n) is 2.30. The second-order valence-corrected chi connectivity index (χ2v) is 5.00. The van der Waals surface area contributed by atoms with Crippen molar-refractivity contribution in [1.82, 2.24) is 5.32 Å². The molecule has 5 heteroatoms. The SMILES string of the molecule is CC(NCc1ccc2c(c1)OCO2)c1ccc(O)cc1F. The summed E-state index contributed by atoms with van der Waals surface area (Å²) >= 11 is 0. The average molecular weight is 289 g/mol. The number of phenols is 1. The third-order valence-corrected chi connectivity index (χ3v) is 3.50. The van der Waals surface area contributed by atoms with Crippen molar-refractivity contribution in [2.24, 2.45) is 0 Å². The summed E-state index contributed by atoms with van der Waals surface area (Å²) in [6.07, 6.45) is 0. The molecule has 2 aromatic rings. The van der Waals surface area contributed by atoms with Gasteiger partial charge in [0.25, 0.3) is 0 Å². The van der Waals surface area contributed by atoms with Crippen LogP contribution in [-0.2, 0) is 6.54 Å². The number of nitrogens with one attached hydrogen (secondary N) is 1. The molecule has 1 unspecified atom stereocenters. The van der Waals surface area contributed by atoms with Crippen molar-refractivity contribution in [3.05, 3.63) is 53.3 Å². The Morgan fingerprint density at radius 3 is 2.81 bits per heavy atom. The van der Waals surface area contributed by atoms with E-state index in [1.807, 2.05) is 25.1 Å². The molecule has 110 valence electrons. The normalized spacial score (nSPS) is 14.2.